The lowest BCUT2D eigenvalue weighted by atomic mass is 10.1. The van der Waals surface area contributed by atoms with Crippen molar-refractivity contribution in [3.05, 3.63) is 47.8 Å². The zero-order valence-electron chi connectivity index (χ0n) is 18.4. The highest BCUT2D eigenvalue weighted by atomic mass is 16.5. The molecule has 0 radical (unpaired) electrons. The third-order valence-electron chi connectivity index (χ3n) is 5.57. The Morgan fingerprint density at radius 3 is 2.85 bits per heavy atom. The number of benzene rings is 1. The van der Waals surface area contributed by atoms with Crippen molar-refractivity contribution in [3.8, 4) is 11.8 Å². The molecule has 0 atom stereocenters. The first kappa shape index (κ1) is 20.8. The van der Waals surface area contributed by atoms with Crippen molar-refractivity contribution in [1.29, 1.82) is 0 Å². The molecule has 9 nitrogen and oxygen atoms in total. The van der Waals surface area contributed by atoms with Gasteiger partial charge >= 0.3 is 0 Å². The van der Waals surface area contributed by atoms with Gasteiger partial charge in [0.1, 0.15) is 17.2 Å². The number of hydrogen-bond acceptors (Lipinski definition) is 7. The second-order valence-corrected chi connectivity index (χ2v) is 7.91. The van der Waals surface area contributed by atoms with Gasteiger partial charge in [-0.05, 0) is 37.1 Å². The number of carbonyl (C=O) groups excluding carboxylic acids is 1. The van der Waals surface area contributed by atoms with E-state index in [1.54, 1.807) is 19.5 Å². The quantitative estimate of drug-likeness (QED) is 0.443. The summed E-state index contributed by atoms with van der Waals surface area (Å²) < 4.78 is 6.96. The molecule has 0 bridgehead atoms. The number of methoxy groups -OCH3 is 1. The number of aromatic nitrogens is 5. The molecule has 1 aromatic carbocycles. The van der Waals surface area contributed by atoms with Crippen molar-refractivity contribution >= 4 is 39.3 Å². The topological polar surface area (TPSA) is 107 Å². The second kappa shape index (κ2) is 8.84. The van der Waals surface area contributed by atoms with Gasteiger partial charge in [-0.15, -0.1) is 5.10 Å². The molecule has 1 saturated carbocycles. The first-order valence-corrected chi connectivity index (χ1v) is 10.8. The molecule has 3 aromatic heterocycles. The number of rotatable bonds is 6. The first-order chi connectivity index (χ1) is 16.2. The van der Waals surface area contributed by atoms with Crippen LogP contribution in [0.4, 0.5) is 11.6 Å². The average molecular weight is 441 g/mol. The number of hydrogen-bond donors (Lipinski definition) is 2. The van der Waals surface area contributed by atoms with Crippen molar-refractivity contribution in [2.75, 3.05) is 31.4 Å². The van der Waals surface area contributed by atoms with Crippen LogP contribution in [0.25, 0.3) is 21.8 Å². The Bertz CT molecular complexity index is 1410. The third-order valence-corrected chi connectivity index (χ3v) is 5.57. The summed E-state index contributed by atoms with van der Waals surface area (Å²) in [6.07, 6.45) is 5.33. The highest BCUT2D eigenvalue weighted by molar-refractivity contribution is 5.99. The molecule has 3 heterocycles. The van der Waals surface area contributed by atoms with E-state index in [4.69, 9.17) is 4.74 Å². The summed E-state index contributed by atoms with van der Waals surface area (Å²) >= 11 is 0. The van der Waals surface area contributed by atoms with E-state index in [1.165, 1.54) is 0 Å². The number of fused-ring (bicyclic) bond motifs is 2. The van der Waals surface area contributed by atoms with Gasteiger partial charge in [0.15, 0.2) is 0 Å². The monoisotopic (exact) mass is 441 g/mol. The maximum absolute atomic E-state index is 12.2. The molecule has 0 saturated heterocycles. The standard InChI is InChI=1S/C24H23N7O2/c1-25-23-19-14-26-22(28-24(32)16-6-7-16)12-18(19)17(13-27-23)5-3-15-4-8-20-21(11-15)31(30-29-20)9-10-33-2/h4,8,11-14,16H,6-7,9-10H2,1-2H3,(H,25,27)(H,26,28,32). The van der Waals surface area contributed by atoms with Crippen LogP contribution in [0.1, 0.15) is 24.0 Å². The predicted octanol–water partition coefficient (Wildman–Crippen LogP) is 2.81. The van der Waals surface area contributed by atoms with Gasteiger partial charge in [-0.2, -0.15) is 0 Å². The minimum absolute atomic E-state index is 0.0179. The molecule has 166 valence electrons. The van der Waals surface area contributed by atoms with Gasteiger partial charge in [0.05, 0.1) is 24.2 Å². The molecule has 1 aliphatic carbocycles. The highest BCUT2D eigenvalue weighted by Gasteiger charge is 2.29. The Labute approximate surface area is 190 Å². The summed E-state index contributed by atoms with van der Waals surface area (Å²) in [5, 5.41) is 16.1. The molecular formula is C24H23N7O2. The molecule has 9 heteroatoms. The maximum Gasteiger partial charge on any atom is 0.228 e. The average Bonchev–Trinajstić information content (AvgIpc) is 3.62. The molecule has 1 amide bonds. The Hall–Kier alpha value is -4.03. The molecule has 0 unspecified atom stereocenters. The van der Waals surface area contributed by atoms with Gasteiger partial charge in [-0.3, -0.25) is 4.79 Å². The van der Waals surface area contributed by atoms with Gasteiger partial charge in [0.2, 0.25) is 5.91 Å². The van der Waals surface area contributed by atoms with Gasteiger partial charge in [-0.1, -0.05) is 17.1 Å². The fraction of sp³-hybridized carbons (Fsp3) is 0.292. The third kappa shape index (κ3) is 4.33. The van der Waals surface area contributed by atoms with Crippen molar-refractivity contribution in [2.24, 2.45) is 5.92 Å². The normalized spacial score (nSPS) is 13.0. The summed E-state index contributed by atoms with van der Waals surface area (Å²) in [5.41, 5.74) is 3.30. The fourth-order valence-electron chi connectivity index (χ4n) is 3.60. The van der Waals surface area contributed by atoms with Crippen molar-refractivity contribution in [2.45, 2.75) is 19.4 Å². The van der Waals surface area contributed by atoms with Crippen LogP contribution in [0.2, 0.25) is 0 Å². The summed E-state index contributed by atoms with van der Waals surface area (Å²) in [6, 6.07) is 7.66. The van der Waals surface area contributed by atoms with E-state index in [1.807, 2.05) is 36.0 Å². The summed E-state index contributed by atoms with van der Waals surface area (Å²) in [5.74, 6) is 7.81. The van der Waals surface area contributed by atoms with Gasteiger partial charge in [-0.25, -0.2) is 14.6 Å². The van der Waals surface area contributed by atoms with Crippen LogP contribution >= 0.6 is 0 Å². The van der Waals surface area contributed by atoms with E-state index in [9.17, 15) is 4.79 Å². The van der Waals surface area contributed by atoms with Crippen molar-refractivity contribution in [3.63, 3.8) is 0 Å². The van der Waals surface area contributed by atoms with E-state index in [2.05, 4.69) is 42.8 Å². The van der Waals surface area contributed by atoms with E-state index in [0.717, 1.165) is 45.8 Å². The number of pyridine rings is 2. The van der Waals surface area contributed by atoms with Gasteiger partial charge < -0.3 is 15.4 Å². The molecule has 1 aliphatic rings. The van der Waals surface area contributed by atoms with Crippen LogP contribution < -0.4 is 10.6 Å². The lowest BCUT2D eigenvalue weighted by Gasteiger charge is -2.09. The number of nitrogens with zero attached hydrogens (tertiary/aromatic N) is 5. The first-order valence-electron chi connectivity index (χ1n) is 10.8. The Balaban J connectivity index is 1.51. The molecule has 1 fully saturated rings. The lowest BCUT2D eigenvalue weighted by Crippen LogP contribution is -2.14. The Kier molecular flexibility index (Phi) is 5.59. The van der Waals surface area contributed by atoms with Crippen LogP contribution in [-0.2, 0) is 16.1 Å². The zero-order valence-corrected chi connectivity index (χ0v) is 18.4. The van der Waals surface area contributed by atoms with Crippen molar-refractivity contribution in [1.82, 2.24) is 25.0 Å². The van der Waals surface area contributed by atoms with E-state index in [0.29, 0.717) is 24.8 Å². The zero-order chi connectivity index (χ0) is 22.8. The van der Waals surface area contributed by atoms with E-state index in [-0.39, 0.29) is 11.8 Å². The summed E-state index contributed by atoms with van der Waals surface area (Å²) in [4.78, 5) is 21.1. The SMILES string of the molecule is CNc1ncc(C#Cc2ccc3nnn(CCOC)c3c2)c2cc(NC(=O)C3CC3)ncc12. The van der Waals surface area contributed by atoms with Crippen LogP contribution in [0.3, 0.4) is 0 Å². The van der Waals surface area contributed by atoms with Crippen LogP contribution in [0.5, 0.6) is 0 Å². The van der Waals surface area contributed by atoms with E-state index < -0.39 is 0 Å². The number of ether oxygens (including phenoxy) is 1. The second-order valence-electron chi connectivity index (χ2n) is 7.91. The molecule has 0 spiro atoms. The fourth-order valence-corrected chi connectivity index (χ4v) is 3.60. The number of nitrogens with one attached hydrogen (secondary N) is 2. The molecule has 2 N–H and O–H groups in total. The minimum Gasteiger partial charge on any atom is -0.383 e. The van der Waals surface area contributed by atoms with Crippen LogP contribution in [-0.4, -0.2) is 51.6 Å². The summed E-state index contributed by atoms with van der Waals surface area (Å²) in [6.45, 7) is 1.17. The Morgan fingerprint density at radius 1 is 1.18 bits per heavy atom. The van der Waals surface area contributed by atoms with Gasteiger partial charge in [0.25, 0.3) is 0 Å². The Morgan fingerprint density at radius 2 is 2.06 bits per heavy atom. The van der Waals surface area contributed by atoms with Crippen molar-refractivity contribution < 1.29 is 9.53 Å². The largest absolute Gasteiger partial charge is 0.383 e. The van der Waals surface area contributed by atoms with E-state index >= 15 is 0 Å². The van der Waals surface area contributed by atoms with Crippen LogP contribution in [0.15, 0.2) is 36.7 Å². The number of carbonyl (C=O) groups is 1. The molecule has 33 heavy (non-hydrogen) atoms. The molecule has 0 aliphatic heterocycles. The smallest absolute Gasteiger partial charge is 0.228 e. The lowest BCUT2D eigenvalue weighted by molar-refractivity contribution is -0.117. The molecule has 4 aromatic rings. The predicted molar refractivity (Wildman–Crippen MR) is 126 cm³/mol. The summed E-state index contributed by atoms with van der Waals surface area (Å²) in [7, 11) is 3.47. The van der Waals surface area contributed by atoms with Crippen LogP contribution in [0, 0.1) is 17.8 Å². The number of anilines is 2. The number of amides is 1. The minimum atomic E-state index is 0.0179. The maximum atomic E-state index is 12.2. The molecule has 5 rings (SSSR count). The highest BCUT2D eigenvalue weighted by Crippen LogP contribution is 2.31. The van der Waals surface area contributed by atoms with Gasteiger partial charge in [0, 0.05) is 48.8 Å². The molecular weight excluding hydrogens is 418 g/mol.